The highest BCUT2D eigenvalue weighted by atomic mass is 16.7. The summed E-state index contributed by atoms with van der Waals surface area (Å²) in [5.74, 6) is 0.285. The fourth-order valence-corrected chi connectivity index (χ4v) is 4.24. The van der Waals surface area contributed by atoms with E-state index in [1.807, 2.05) is 84.9 Å². The highest BCUT2D eigenvalue weighted by molar-refractivity contribution is 5.65. The molecule has 0 amide bonds. The maximum atomic E-state index is 11.6. The average Bonchev–Trinajstić information content (AvgIpc) is 2.95. The molecule has 0 aliphatic carbocycles. The maximum absolute atomic E-state index is 11.6. The van der Waals surface area contributed by atoms with Crippen LogP contribution in [0.1, 0.15) is 23.6 Å². The van der Waals surface area contributed by atoms with E-state index in [0.717, 1.165) is 22.4 Å². The highest BCUT2D eigenvalue weighted by Crippen LogP contribution is 2.30. The average molecular weight is 523 g/mol. The van der Waals surface area contributed by atoms with E-state index < -0.39 is 36.7 Å². The van der Waals surface area contributed by atoms with Gasteiger partial charge in [0.05, 0.1) is 26.9 Å². The van der Waals surface area contributed by atoms with Gasteiger partial charge >= 0.3 is 5.97 Å². The number of rotatable bonds is 12. The zero-order valence-electron chi connectivity index (χ0n) is 21.6. The summed E-state index contributed by atoms with van der Waals surface area (Å²) in [6.45, 7) is 1.98. The second kappa shape index (κ2) is 14.0. The van der Waals surface area contributed by atoms with Gasteiger partial charge < -0.3 is 33.5 Å². The molecule has 202 valence electrons. The zero-order chi connectivity index (χ0) is 26.7. The van der Waals surface area contributed by atoms with Crippen molar-refractivity contribution in [1.82, 2.24) is 0 Å². The molecule has 0 spiro atoms. The molecule has 4 rings (SSSR count). The van der Waals surface area contributed by atoms with Gasteiger partial charge in [0.1, 0.15) is 36.8 Å². The van der Waals surface area contributed by atoms with Gasteiger partial charge in [-0.1, -0.05) is 72.8 Å². The summed E-state index contributed by atoms with van der Waals surface area (Å²) in [5, 5.41) is 11.0. The van der Waals surface area contributed by atoms with Crippen LogP contribution >= 0.6 is 0 Å². The van der Waals surface area contributed by atoms with Crippen molar-refractivity contribution in [1.29, 1.82) is 0 Å². The topological polar surface area (TPSA) is 92.7 Å². The Morgan fingerprint density at radius 2 is 1.24 bits per heavy atom. The molecular formula is C30H34O8. The lowest BCUT2D eigenvalue weighted by Gasteiger charge is -2.44. The Morgan fingerprint density at radius 1 is 0.737 bits per heavy atom. The summed E-state index contributed by atoms with van der Waals surface area (Å²) in [4.78, 5) is 11.6. The molecule has 0 aromatic heterocycles. The maximum Gasteiger partial charge on any atom is 0.302 e. The number of methoxy groups -OCH3 is 1. The number of carbonyl (C=O) groups excluding carboxylic acids is 1. The minimum atomic E-state index is -1.32. The summed E-state index contributed by atoms with van der Waals surface area (Å²) >= 11 is 0. The van der Waals surface area contributed by atoms with Gasteiger partial charge in [-0.05, 0) is 28.8 Å². The van der Waals surface area contributed by atoms with Crippen molar-refractivity contribution in [3.63, 3.8) is 0 Å². The first-order valence-electron chi connectivity index (χ1n) is 12.6. The van der Waals surface area contributed by atoms with E-state index in [1.54, 1.807) is 7.11 Å². The van der Waals surface area contributed by atoms with Gasteiger partial charge in [-0.3, -0.25) is 4.79 Å². The lowest BCUT2D eigenvalue weighted by molar-refractivity contribution is -0.315. The Morgan fingerprint density at radius 3 is 1.76 bits per heavy atom. The number of hydrogen-bond donors (Lipinski definition) is 1. The van der Waals surface area contributed by atoms with Crippen molar-refractivity contribution >= 4 is 5.97 Å². The van der Waals surface area contributed by atoms with Gasteiger partial charge in [-0.25, -0.2) is 0 Å². The monoisotopic (exact) mass is 522 g/mol. The Hall–Kier alpha value is -3.27. The molecule has 3 aromatic carbocycles. The van der Waals surface area contributed by atoms with Gasteiger partial charge in [-0.15, -0.1) is 0 Å². The molecule has 5 atom stereocenters. The van der Waals surface area contributed by atoms with E-state index in [2.05, 4.69) is 0 Å². The van der Waals surface area contributed by atoms with Crippen molar-refractivity contribution in [3.05, 3.63) is 102 Å². The van der Waals surface area contributed by atoms with Crippen LogP contribution in [0.4, 0.5) is 0 Å². The number of benzene rings is 3. The van der Waals surface area contributed by atoms with Crippen LogP contribution in [0.25, 0.3) is 0 Å². The molecule has 3 aromatic rings. The summed E-state index contributed by atoms with van der Waals surface area (Å²) in [6.07, 6.45) is -4.37. The van der Waals surface area contributed by atoms with Crippen LogP contribution in [0.2, 0.25) is 0 Å². The molecule has 1 aliphatic heterocycles. The Labute approximate surface area is 223 Å². The predicted molar refractivity (Wildman–Crippen MR) is 139 cm³/mol. The molecular weight excluding hydrogens is 488 g/mol. The second-order valence-corrected chi connectivity index (χ2v) is 9.01. The largest absolute Gasteiger partial charge is 0.497 e. The first-order chi connectivity index (χ1) is 18.5. The Balaban J connectivity index is 1.57. The molecule has 8 heteroatoms. The molecule has 38 heavy (non-hydrogen) atoms. The fourth-order valence-electron chi connectivity index (χ4n) is 4.24. The normalized spacial score (nSPS) is 23.1. The quantitative estimate of drug-likeness (QED) is 0.357. The second-order valence-electron chi connectivity index (χ2n) is 9.01. The van der Waals surface area contributed by atoms with Gasteiger partial charge in [0.2, 0.25) is 0 Å². The van der Waals surface area contributed by atoms with Crippen molar-refractivity contribution in [3.8, 4) is 5.75 Å². The molecule has 1 N–H and O–H groups in total. The minimum Gasteiger partial charge on any atom is -0.497 e. The fraction of sp³-hybridized carbons (Fsp3) is 0.367. The third kappa shape index (κ3) is 7.86. The van der Waals surface area contributed by atoms with Crippen LogP contribution in [0.5, 0.6) is 5.75 Å². The van der Waals surface area contributed by atoms with Crippen LogP contribution in [-0.2, 0) is 48.3 Å². The lowest BCUT2D eigenvalue weighted by Crippen LogP contribution is -2.61. The van der Waals surface area contributed by atoms with Crippen molar-refractivity contribution in [2.45, 2.75) is 57.5 Å². The zero-order valence-corrected chi connectivity index (χ0v) is 21.6. The van der Waals surface area contributed by atoms with Crippen LogP contribution in [0, 0.1) is 0 Å². The first-order valence-corrected chi connectivity index (χ1v) is 12.6. The third-order valence-corrected chi connectivity index (χ3v) is 6.23. The van der Waals surface area contributed by atoms with E-state index >= 15 is 0 Å². The number of aliphatic hydroxyl groups excluding tert-OH is 1. The number of ether oxygens (including phenoxy) is 6. The van der Waals surface area contributed by atoms with Crippen LogP contribution in [-0.4, -0.2) is 55.5 Å². The molecule has 0 saturated carbocycles. The molecule has 0 bridgehead atoms. The molecule has 1 fully saturated rings. The smallest absolute Gasteiger partial charge is 0.302 e. The molecule has 0 radical (unpaired) electrons. The lowest BCUT2D eigenvalue weighted by atomic mass is 9.98. The number of hydrogen-bond acceptors (Lipinski definition) is 8. The van der Waals surface area contributed by atoms with Gasteiger partial charge in [0.15, 0.2) is 6.29 Å². The number of carbonyl (C=O) groups is 1. The van der Waals surface area contributed by atoms with Crippen LogP contribution < -0.4 is 4.74 Å². The van der Waals surface area contributed by atoms with Crippen molar-refractivity contribution < 1.29 is 38.3 Å². The summed E-state index contributed by atoms with van der Waals surface area (Å²) in [6, 6.07) is 26.9. The van der Waals surface area contributed by atoms with Crippen LogP contribution in [0.15, 0.2) is 84.9 Å². The number of aliphatic hydroxyl groups is 1. The van der Waals surface area contributed by atoms with Gasteiger partial charge in [0, 0.05) is 6.92 Å². The highest BCUT2D eigenvalue weighted by Gasteiger charge is 2.48. The van der Waals surface area contributed by atoms with E-state index in [4.69, 9.17) is 28.4 Å². The first kappa shape index (κ1) is 27.8. The van der Waals surface area contributed by atoms with Crippen molar-refractivity contribution in [2.75, 3.05) is 13.7 Å². The van der Waals surface area contributed by atoms with E-state index in [9.17, 15) is 9.90 Å². The minimum absolute atomic E-state index is 0.0976. The van der Waals surface area contributed by atoms with E-state index in [1.165, 1.54) is 6.92 Å². The van der Waals surface area contributed by atoms with Gasteiger partial charge in [0.25, 0.3) is 0 Å². The van der Waals surface area contributed by atoms with Crippen molar-refractivity contribution in [2.24, 2.45) is 0 Å². The summed E-state index contributed by atoms with van der Waals surface area (Å²) < 4.78 is 35.3. The Bertz CT molecular complexity index is 1110. The van der Waals surface area contributed by atoms with E-state index in [0.29, 0.717) is 0 Å². The molecule has 0 unspecified atom stereocenters. The van der Waals surface area contributed by atoms with Gasteiger partial charge in [-0.2, -0.15) is 0 Å². The number of esters is 1. The summed E-state index contributed by atoms with van der Waals surface area (Å²) in [5.41, 5.74) is 2.81. The summed E-state index contributed by atoms with van der Waals surface area (Å²) in [7, 11) is 1.61. The third-order valence-electron chi connectivity index (χ3n) is 6.23. The molecule has 1 heterocycles. The molecule has 8 nitrogen and oxygen atoms in total. The molecule has 1 aliphatic rings. The molecule has 1 saturated heterocycles. The van der Waals surface area contributed by atoms with Crippen LogP contribution in [0.3, 0.4) is 0 Å². The SMILES string of the molecule is COc1ccc(CO[C@@H]2[C@H](OCc3ccccc3)[C@H](O)O[C@H](COC(C)=O)[C@H]2OCc2ccccc2)cc1. The Kier molecular flexibility index (Phi) is 10.3. The standard InChI is InChI=1S/C30H34O8/c1-21(31)34-20-26-27(35-17-22-9-5-3-6-10-22)28(36-19-24-13-15-25(33-2)16-14-24)29(30(32)38-26)37-18-23-11-7-4-8-12-23/h3-16,26-30,32H,17-20H2,1-2H3/t26-,27-,28+,29+,30-/m1/s1. The van der Waals surface area contributed by atoms with E-state index in [-0.39, 0.29) is 26.4 Å². The predicted octanol–water partition coefficient (Wildman–Crippen LogP) is 4.03.